The molecule has 1 aliphatic heterocycles. The Morgan fingerprint density at radius 2 is 2.06 bits per heavy atom. The Kier molecular flexibility index (Phi) is 5.50. The van der Waals surface area contributed by atoms with Crippen LogP contribution in [0.25, 0.3) is 0 Å². The molecule has 1 N–H and O–H groups in total. The fourth-order valence-electron chi connectivity index (χ4n) is 2.59. The summed E-state index contributed by atoms with van der Waals surface area (Å²) in [6.07, 6.45) is 9.11. The summed E-state index contributed by atoms with van der Waals surface area (Å²) in [5.41, 5.74) is -0.169. The van der Waals surface area contributed by atoms with Gasteiger partial charge in [-0.2, -0.15) is 0 Å². The van der Waals surface area contributed by atoms with Gasteiger partial charge in [0.05, 0.1) is 12.0 Å². The van der Waals surface area contributed by atoms with Gasteiger partial charge in [-0.25, -0.2) is 0 Å². The van der Waals surface area contributed by atoms with Crippen molar-refractivity contribution < 1.29 is 4.79 Å². The Morgan fingerprint density at radius 3 is 2.53 bits per heavy atom. The second-order valence-electron chi connectivity index (χ2n) is 4.81. The maximum atomic E-state index is 12.6. The van der Waals surface area contributed by atoms with E-state index in [1.807, 2.05) is 4.90 Å². The molecule has 0 unspecified atom stereocenters. The average Bonchev–Trinajstić information content (AvgIpc) is 2.38. The molecule has 1 saturated heterocycles. The van der Waals surface area contributed by atoms with E-state index in [2.05, 4.69) is 25.1 Å². The molecule has 3 nitrogen and oxygen atoms in total. The SMILES string of the molecule is C#CCN(CCC)C(=O)C1(CC)CCNCC1. The second-order valence-corrected chi connectivity index (χ2v) is 4.81. The van der Waals surface area contributed by atoms with Gasteiger partial charge in [0.1, 0.15) is 0 Å². The molecule has 0 spiro atoms. The van der Waals surface area contributed by atoms with E-state index in [9.17, 15) is 4.79 Å². The lowest BCUT2D eigenvalue weighted by molar-refractivity contribution is -0.143. The number of terminal acetylenes is 1. The topological polar surface area (TPSA) is 32.3 Å². The Labute approximate surface area is 105 Å². The number of nitrogens with zero attached hydrogens (tertiary/aromatic N) is 1. The van der Waals surface area contributed by atoms with Gasteiger partial charge in [0.15, 0.2) is 0 Å². The third kappa shape index (κ3) is 3.23. The summed E-state index contributed by atoms with van der Waals surface area (Å²) >= 11 is 0. The van der Waals surface area contributed by atoms with E-state index in [0.717, 1.165) is 45.3 Å². The molecule has 1 amide bonds. The fraction of sp³-hybridized carbons (Fsp3) is 0.786. The van der Waals surface area contributed by atoms with Crippen molar-refractivity contribution in [2.24, 2.45) is 5.41 Å². The monoisotopic (exact) mass is 236 g/mol. The van der Waals surface area contributed by atoms with Gasteiger partial charge in [-0.15, -0.1) is 6.42 Å². The quantitative estimate of drug-likeness (QED) is 0.736. The molecule has 0 bridgehead atoms. The molecular weight excluding hydrogens is 212 g/mol. The van der Waals surface area contributed by atoms with Crippen LogP contribution in [0.15, 0.2) is 0 Å². The molecule has 3 heteroatoms. The lowest BCUT2D eigenvalue weighted by Crippen LogP contribution is -2.49. The molecule has 96 valence electrons. The zero-order chi connectivity index (χ0) is 12.7. The van der Waals surface area contributed by atoms with Crippen LogP contribution in [0.1, 0.15) is 39.5 Å². The third-order valence-electron chi connectivity index (χ3n) is 3.75. The minimum absolute atomic E-state index is 0.169. The maximum absolute atomic E-state index is 12.6. The van der Waals surface area contributed by atoms with Gasteiger partial charge in [0, 0.05) is 6.54 Å². The van der Waals surface area contributed by atoms with Crippen LogP contribution in [0.2, 0.25) is 0 Å². The van der Waals surface area contributed by atoms with Crippen molar-refractivity contribution in [3.05, 3.63) is 0 Å². The zero-order valence-corrected chi connectivity index (χ0v) is 11.1. The predicted molar refractivity (Wildman–Crippen MR) is 70.5 cm³/mol. The molecule has 0 saturated carbocycles. The van der Waals surface area contributed by atoms with Gasteiger partial charge >= 0.3 is 0 Å². The fourth-order valence-corrected chi connectivity index (χ4v) is 2.59. The Hall–Kier alpha value is -1.01. The normalized spacial score (nSPS) is 18.4. The van der Waals surface area contributed by atoms with E-state index in [1.165, 1.54) is 0 Å². The van der Waals surface area contributed by atoms with Gasteiger partial charge < -0.3 is 10.2 Å². The number of carbonyl (C=O) groups excluding carboxylic acids is 1. The molecule has 0 radical (unpaired) electrons. The molecular formula is C14H24N2O. The standard InChI is InChI=1S/C14H24N2O/c1-4-11-16(12-5-2)13(17)14(6-3)7-9-15-10-8-14/h1,15H,5-12H2,2-3H3. The van der Waals surface area contributed by atoms with Crippen molar-refractivity contribution in [1.29, 1.82) is 0 Å². The summed E-state index contributed by atoms with van der Waals surface area (Å²) < 4.78 is 0. The summed E-state index contributed by atoms with van der Waals surface area (Å²) in [6.45, 7) is 7.30. The highest BCUT2D eigenvalue weighted by Gasteiger charge is 2.39. The Balaban J connectivity index is 2.78. The van der Waals surface area contributed by atoms with Crippen molar-refractivity contribution in [3.8, 4) is 12.3 Å². The van der Waals surface area contributed by atoms with Gasteiger partial charge in [-0.3, -0.25) is 4.79 Å². The molecule has 1 heterocycles. The first-order valence-corrected chi connectivity index (χ1v) is 6.63. The number of carbonyl (C=O) groups is 1. The summed E-state index contributed by atoms with van der Waals surface area (Å²) in [6, 6.07) is 0. The molecule has 0 aromatic carbocycles. The third-order valence-corrected chi connectivity index (χ3v) is 3.75. The van der Waals surface area contributed by atoms with Gasteiger partial charge in [-0.05, 0) is 38.8 Å². The Bertz CT molecular complexity index is 287. The van der Waals surface area contributed by atoms with Crippen LogP contribution in [0.5, 0.6) is 0 Å². The second kappa shape index (κ2) is 6.66. The molecule has 0 aromatic rings. The first kappa shape index (κ1) is 14.1. The van der Waals surface area contributed by atoms with Crippen LogP contribution < -0.4 is 5.32 Å². The van der Waals surface area contributed by atoms with Crippen molar-refractivity contribution in [1.82, 2.24) is 10.2 Å². The van der Waals surface area contributed by atoms with Crippen molar-refractivity contribution in [2.45, 2.75) is 39.5 Å². The van der Waals surface area contributed by atoms with E-state index in [-0.39, 0.29) is 11.3 Å². The number of nitrogens with one attached hydrogen (secondary N) is 1. The summed E-state index contributed by atoms with van der Waals surface area (Å²) in [7, 11) is 0. The molecule has 1 aliphatic rings. The summed E-state index contributed by atoms with van der Waals surface area (Å²) in [5.74, 6) is 2.87. The largest absolute Gasteiger partial charge is 0.331 e. The van der Waals surface area contributed by atoms with E-state index < -0.39 is 0 Å². The molecule has 1 rings (SSSR count). The first-order valence-electron chi connectivity index (χ1n) is 6.63. The van der Waals surface area contributed by atoms with Crippen LogP contribution in [0.4, 0.5) is 0 Å². The molecule has 0 aliphatic carbocycles. The molecule has 0 atom stereocenters. The van der Waals surface area contributed by atoms with Crippen molar-refractivity contribution in [3.63, 3.8) is 0 Å². The number of hydrogen-bond acceptors (Lipinski definition) is 2. The number of piperidine rings is 1. The van der Waals surface area contributed by atoms with Gasteiger partial charge in [0.25, 0.3) is 0 Å². The molecule has 0 aromatic heterocycles. The molecule has 17 heavy (non-hydrogen) atoms. The van der Waals surface area contributed by atoms with Gasteiger partial charge in [-0.1, -0.05) is 19.8 Å². The minimum atomic E-state index is -0.169. The zero-order valence-electron chi connectivity index (χ0n) is 11.1. The van der Waals surface area contributed by atoms with E-state index in [0.29, 0.717) is 6.54 Å². The Morgan fingerprint density at radius 1 is 1.41 bits per heavy atom. The smallest absolute Gasteiger partial charge is 0.229 e. The molecule has 1 fully saturated rings. The van der Waals surface area contributed by atoms with Gasteiger partial charge in [0.2, 0.25) is 5.91 Å². The van der Waals surface area contributed by atoms with Crippen LogP contribution in [0.3, 0.4) is 0 Å². The van der Waals surface area contributed by atoms with Crippen LogP contribution in [-0.2, 0) is 4.79 Å². The number of amides is 1. The first-order chi connectivity index (χ1) is 8.20. The predicted octanol–water partition coefficient (Wildman–Crippen LogP) is 1.64. The highest BCUT2D eigenvalue weighted by atomic mass is 16.2. The summed E-state index contributed by atoms with van der Waals surface area (Å²) in [4.78, 5) is 14.5. The highest BCUT2D eigenvalue weighted by molar-refractivity contribution is 5.83. The van der Waals surface area contributed by atoms with Crippen LogP contribution in [-0.4, -0.2) is 37.0 Å². The number of hydrogen-bond donors (Lipinski definition) is 1. The average molecular weight is 236 g/mol. The van der Waals surface area contributed by atoms with Crippen LogP contribution >= 0.6 is 0 Å². The summed E-state index contributed by atoms with van der Waals surface area (Å²) in [5, 5.41) is 3.32. The van der Waals surface area contributed by atoms with E-state index in [4.69, 9.17) is 6.42 Å². The van der Waals surface area contributed by atoms with Crippen molar-refractivity contribution in [2.75, 3.05) is 26.2 Å². The lowest BCUT2D eigenvalue weighted by atomic mass is 9.75. The minimum Gasteiger partial charge on any atom is -0.331 e. The number of rotatable bonds is 5. The van der Waals surface area contributed by atoms with E-state index in [1.54, 1.807) is 0 Å². The van der Waals surface area contributed by atoms with Crippen LogP contribution in [0, 0.1) is 17.8 Å². The lowest BCUT2D eigenvalue weighted by Gasteiger charge is -2.39. The maximum Gasteiger partial charge on any atom is 0.229 e. The van der Waals surface area contributed by atoms with E-state index >= 15 is 0 Å². The highest BCUT2D eigenvalue weighted by Crippen LogP contribution is 2.34. The van der Waals surface area contributed by atoms with Crippen molar-refractivity contribution >= 4 is 5.91 Å².